The second-order valence-electron chi connectivity index (χ2n) is 12.5. The van der Waals surface area contributed by atoms with Gasteiger partial charge in [-0.2, -0.15) is 0 Å². The van der Waals surface area contributed by atoms with Crippen molar-refractivity contribution in [3.05, 3.63) is 29.8 Å². The van der Waals surface area contributed by atoms with Gasteiger partial charge in [0.25, 0.3) is 0 Å². The lowest BCUT2D eigenvalue weighted by atomic mass is 9.96. The van der Waals surface area contributed by atoms with E-state index in [2.05, 4.69) is 16.0 Å². The van der Waals surface area contributed by atoms with E-state index in [1.54, 1.807) is 79.7 Å². The maximum Gasteiger partial charge on any atom is 0.408 e. The highest BCUT2D eigenvalue weighted by Gasteiger charge is 2.33. The minimum atomic E-state index is -1.40. The summed E-state index contributed by atoms with van der Waals surface area (Å²) >= 11 is 0. The molecule has 13 heteroatoms. The summed E-state index contributed by atoms with van der Waals surface area (Å²) in [5, 5.41) is 17.1. The van der Waals surface area contributed by atoms with E-state index in [-0.39, 0.29) is 19.3 Å². The van der Waals surface area contributed by atoms with Crippen LogP contribution in [0.2, 0.25) is 0 Å². The Hall–Kier alpha value is -4.16. The Labute approximate surface area is 252 Å². The number of primary amides is 1. The molecule has 13 nitrogen and oxygen atoms in total. The van der Waals surface area contributed by atoms with Gasteiger partial charge in [-0.05, 0) is 71.6 Å². The van der Waals surface area contributed by atoms with E-state index < -0.39 is 70.8 Å². The predicted octanol–water partition coefficient (Wildman–Crippen LogP) is 2.44. The first kappa shape index (κ1) is 36.9. The molecule has 0 radical (unpaired) electrons. The summed E-state index contributed by atoms with van der Waals surface area (Å²) in [6.45, 7) is 13.7. The van der Waals surface area contributed by atoms with Crippen molar-refractivity contribution in [2.75, 3.05) is 0 Å². The van der Waals surface area contributed by atoms with Crippen molar-refractivity contribution in [2.24, 2.45) is 17.1 Å². The van der Waals surface area contributed by atoms with Crippen LogP contribution in [-0.4, -0.2) is 64.6 Å². The molecule has 6 N–H and O–H groups in total. The van der Waals surface area contributed by atoms with Gasteiger partial charge in [0.15, 0.2) is 0 Å². The Bertz CT molecular complexity index is 1150. The van der Waals surface area contributed by atoms with Crippen LogP contribution in [-0.2, 0) is 35.1 Å². The Morgan fingerprint density at radius 2 is 1.47 bits per heavy atom. The summed E-state index contributed by atoms with van der Waals surface area (Å²) in [7, 11) is 0. The van der Waals surface area contributed by atoms with Crippen LogP contribution in [0.5, 0.6) is 5.75 Å². The van der Waals surface area contributed by atoms with E-state index in [9.17, 15) is 33.9 Å². The number of esters is 1. The van der Waals surface area contributed by atoms with Crippen LogP contribution in [0.1, 0.15) is 80.2 Å². The molecule has 0 aliphatic carbocycles. The topological polar surface area (TPSA) is 203 Å². The average molecular weight is 607 g/mol. The molecule has 4 atom stereocenters. The number of hydrogen-bond donors (Lipinski definition) is 5. The van der Waals surface area contributed by atoms with Gasteiger partial charge in [0.05, 0.1) is 5.41 Å². The fraction of sp³-hybridized carbons (Fsp3) is 0.600. The summed E-state index contributed by atoms with van der Waals surface area (Å²) in [5.74, 6) is -4.08. The smallest absolute Gasteiger partial charge is 0.408 e. The number of amides is 4. The number of hydrogen-bond acceptors (Lipinski definition) is 8. The lowest BCUT2D eigenvalue weighted by Crippen LogP contribution is -2.58. The van der Waals surface area contributed by atoms with Crippen LogP contribution >= 0.6 is 0 Å². The number of alkyl carbamates (subject to hydrolysis) is 1. The van der Waals surface area contributed by atoms with Gasteiger partial charge in [0.1, 0.15) is 29.5 Å². The number of aliphatic carboxylic acids is 1. The van der Waals surface area contributed by atoms with Crippen LogP contribution in [0, 0.1) is 11.3 Å². The molecule has 4 amide bonds. The van der Waals surface area contributed by atoms with Gasteiger partial charge >= 0.3 is 18.0 Å². The fourth-order valence-electron chi connectivity index (χ4n) is 3.61. The zero-order valence-corrected chi connectivity index (χ0v) is 26.2. The SMILES string of the molecule is CC[C@H](C)[C@H](NC(=O)[C@@H](Cc1ccc(OC(=O)C(C)(C)C)cc1)NC(=O)OC(C)(C)C)C(=O)N[C@@H](CCC(N)=O)C(=O)O. The van der Waals surface area contributed by atoms with E-state index in [0.717, 1.165) is 0 Å². The van der Waals surface area contributed by atoms with Crippen LogP contribution in [0.3, 0.4) is 0 Å². The van der Waals surface area contributed by atoms with Crippen LogP contribution in [0.4, 0.5) is 4.79 Å². The number of nitrogens with one attached hydrogen (secondary N) is 3. The first-order valence-corrected chi connectivity index (χ1v) is 14.2. The van der Waals surface area contributed by atoms with Gasteiger partial charge in [-0.1, -0.05) is 32.4 Å². The summed E-state index contributed by atoms with van der Waals surface area (Å²) in [5.41, 5.74) is 4.17. The number of carboxylic acid groups (broad SMARTS) is 1. The Morgan fingerprint density at radius 3 is 1.93 bits per heavy atom. The largest absolute Gasteiger partial charge is 0.480 e. The molecular weight excluding hydrogens is 560 g/mol. The molecule has 1 aromatic rings. The van der Waals surface area contributed by atoms with E-state index in [1.807, 2.05) is 0 Å². The van der Waals surface area contributed by atoms with Crippen molar-refractivity contribution in [1.29, 1.82) is 0 Å². The highest BCUT2D eigenvalue weighted by molar-refractivity contribution is 5.93. The molecule has 1 rings (SSSR count). The summed E-state index contributed by atoms with van der Waals surface area (Å²) < 4.78 is 10.7. The summed E-state index contributed by atoms with van der Waals surface area (Å²) in [6, 6.07) is 2.65. The van der Waals surface area contributed by atoms with Gasteiger partial charge in [0, 0.05) is 12.8 Å². The van der Waals surface area contributed by atoms with Crippen molar-refractivity contribution in [2.45, 2.75) is 105 Å². The third kappa shape index (κ3) is 13.6. The maximum atomic E-state index is 13.5. The summed E-state index contributed by atoms with van der Waals surface area (Å²) in [4.78, 5) is 74.4. The van der Waals surface area contributed by atoms with Crippen LogP contribution in [0.15, 0.2) is 24.3 Å². The third-order valence-corrected chi connectivity index (χ3v) is 6.28. The van der Waals surface area contributed by atoms with Crippen molar-refractivity contribution < 1.29 is 43.3 Å². The van der Waals surface area contributed by atoms with Crippen LogP contribution < -0.4 is 26.4 Å². The zero-order valence-electron chi connectivity index (χ0n) is 26.2. The molecule has 0 bridgehead atoms. The fourth-order valence-corrected chi connectivity index (χ4v) is 3.61. The van der Waals surface area contributed by atoms with Gasteiger partial charge in [-0.25, -0.2) is 9.59 Å². The molecule has 0 aliphatic rings. The van der Waals surface area contributed by atoms with Gasteiger partial charge in [-0.3, -0.25) is 19.2 Å². The second-order valence-corrected chi connectivity index (χ2v) is 12.5. The standard InChI is InChI=1S/C30H46N4O9/c1-9-17(2)23(25(37)32-20(26(38)39)14-15-22(31)35)34-24(36)21(33-28(41)43-30(6,7)8)16-18-10-12-19(13-11-18)42-27(40)29(3,4)5/h10-13,17,20-21,23H,9,14-16H2,1-8H3,(H2,31,35)(H,32,37)(H,33,41)(H,34,36)(H,38,39)/t17-,20-,21+,23-/m0/s1. The molecule has 0 fully saturated rings. The van der Waals surface area contributed by atoms with Gasteiger partial charge in [-0.15, -0.1) is 0 Å². The number of carbonyl (C=O) groups excluding carboxylic acids is 5. The first-order valence-electron chi connectivity index (χ1n) is 14.2. The normalized spacial score (nSPS) is 14.3. The minimum Gasteiger partial charge on any atom is -0.480 e. The van der Waals surface area contributed by atoms with Gasteiger partial charge in [0.2, 0.25) is 17.7 Å². The number of ether oxygens (including phenoxy) is 2. The number of rotatable bonds is 14. The van der Waals surface area contributed by atoms with Crippen molar-refractivity contribution in [3.63, 3.8) is 0 Å². The highest BCUT2D eigenvalue weighted by atomic mass is 16.6. The van der Waals surface area contributed by atoms with Crippen molar-refractivity contribution >= 4 is 35.8 Å². The molecule has 0 saturated heterocycles. The van der Waals surface area contributed by atoms with E-state index in [4.69, 9.17) is 15.2 Å². The molecule has 240 valence electrons. The Balaban J connectivity index is 3.22. The molecule has 43 heavy (non-hydrogen) atoms. The number of carbonyl (C=O) groups is 6. The van der Waals surface area contributed by atoms with E-state index in [1.165, 1.54) is 0 Å². The van der Waals surface area contributed by atoms with Crippen molar-refractivity contribution in [1.82, 2.24) is 16.0 Å². The molecule has 1 aromatic carbocycles. The first-order chi connectivity index (χ1) is 19.7. The number of nitrogens with two attached hydrogens (primary N) is 1. The monoisotopic (exact) mass is 606 g/mol. The molecule has 0 heterocycles. The lowest BCUT2D eigenvalue weighted by molar-refractivity contribution is -0.143. The van der Waals surface area contributed by atoms with Crippen LogP contribution in [0.25, 0.3) is 0 Å². The summed E-state index contributed by atoms with van der Waals surface area (Å²) in [6.07, 6.45) is -0.889. The quantitative estimate of drug-likeness (QED) is 0.156. The predicted molar refractivity (Wildman–Crippen MR) is 158 cm³/mol. The number of benzene rings is 1. The number of carboxylic acids is 1. The highest BCUT2D eigenvalue weighted by Crippen LogP contribution is 2.20. The van der Waals surface area contributed by atoms with E-state index >= 15 is 0 Å². The maximum absolute atomic E-state index is 13.5. The molecular formula is C30H46N4O9. The van der Waals surface area contributed by atoms with E-state index in [0.29, 0.717) is 17.7 Å². The van der Waals surface area contributed by atoms with Crippen molar-refractivity contribution in [3.8, 4) is 5.75 Å². The Kier molecular flexibility index (Phi) is 13.6. The molecule has 0 saturated carbocycles. The minimum absolute atomic E-state index is 0.0101. The zero-order chi connectivity index (χ0) is 33.1. The lowest BCUT2D eigenvalue weighted by Gasteiger charge is -2.28. The molecule has 0 spiro atoms. The third-order valence-electron chi connectivity index (χ3n) is 6.28. The molecule has 0 aliphatic heterocycles. The molecule has 0 unspecified atom stereocenters. The average Bonchev–Trinajstić information content (AvgIpc) is 2.87. The molecule has 0 aromatic heterocycles. The van der Waals surface area contributed by atoms with Gasteiger partial charge < -0.3 is 36.3 Å². The Morgan fingerprint density at radius 1 is 0.884 bits per heavy atom. The second kappa shape index (κ2) is 15.9.